The van der Waals surface area contributed by atoms with Crippen LogP contribution >= 0.6 is 11.3 Å². The fourth-order valence-corrected chi connectivity index (χ4v) is 3.34. The van der Waals surface area contributed by atoms with Gasteiger partial charge in [-0.25, -0.2) is 0 Å². The van der Waals surface area contributed by atoms with Crippen molar-refractivity contribution in [2.45, 2.75) is 45.3 Å². The third kappa shape index (κ3) is 2.99. The summed E-state index contributed by atoms with van der Waals surface area (Å²) in [6.07, 6.45) is 1.27. The maximum Gasteiger partial charge on any atom is 0.261 e. The zero-order valence-electron chi connectivity index (χ0n) is 11.7. The molecule has 1 aromatic rings. The molecule has 1 aliphatic rings. The summed E-state index contributed by atoms with van der Waals surface area (Å²) >= 11 is 1.50. The van der Waals surface area contributed by atoms with E-state index >= 15 is 0 Å². The van der Waals surface area contributed by atoms with Crippen LogP contribution in [0, 0.1) is 6.92 Å². The van der Waals surface area contributed by atoms with E-state index in [9.17, 15) is 9.90 Å². The zero-order chi connectivity index (χ0) is 14.0. The minimum Gasteiger partial charge on any atom is -0.385 e. The SMILES string of the molecule is CCc1cc(C(=O)NCC2(O)CCOC2C)sc1C. The summed E-state index contributed by atoms with van der Waals surface area (Å²) in [7, 11) is 0. The highest BCUT2D eigenvalue weighted by Gasteiger charge is 2.39. The van der Waals surface area contributed by atoms with Gasteiger partial charge in [-0.3, -0.25) is 4.79 Å². The molecule has 0 saturated carbocycles. The average Bonchev–Trinajstić information content (AvgIpc) is 2.91. The second kappa shape index (κ2) is 5.61. The van der Waals surface area contributed by atoms with Gasteiger partial charge >= 0.3 is 0 Å². The maximum atomic E-state index is 12.1. The summed E-state index contributed by atoms with van der Waals surface area (Å²) in [5.41, 5.74) is 0.279. The van der Waals surface area contributed by atoms with Crippen LogP contribution < -0.4 is 5.32 Å². The third-order valence-electron chi connectivity index (χ3n) is 3.84. The van der Waals surface area contributed by atoms with Gasteiger partial charge in [0.1, 0.15) is 5.60 Å². The Morgan fingerprint density at radius 3 is 2.95 bits per heavy atom. The zero-order valence-corrected chi connectivity index (χ0v) is 12.5. The number of nitrogens with one attached hydrogen (secondary N) is 1. The Balaban J connectivity index is 1.97. The van der Waals surface area contributed by atoms with Crippen molar-refractivity contribution in [2.75, 3.05) is 13.2 Å². The highest BCUT2D eigenvalue weighted by molar-refractivity contribution is 7.14. The van der Waals surface area contributed by atoms with Gasteiger partial charge in [0.15, 0.2) is 0 Å². The van der Waals surface area contributed by atoms with E-state index in [1.54, 1.807) is 0 Å². The van der Waals surface area contributed by atoms with Gasteiger partial charge < -0.3 is 15.2 Å². The minimum absolute atomic E-state index is 0.111. The Labute approximate surface area is 117 Å². The van der Waals surface area contributed by atoms with Crippen LogP contribution in [0.15, 0.2) is 6.07 Å². The standard InChI is InChI=1S/C14H21NO3S/c1-4-11-7-12(19-9(11)2)13(16)15-8-14(17)5-6-18-10(14)3/h7,10,17H,4-6,8H2,1-3H3,(H,15,16). The molecule has 1 aromatic heterocycles. The number of hydrogen-bond donors (Lipinski definition) is 2. The summed E-state index contributed by atoms with van der Waals surface area (Å²) in [5.74, 6) is -0.111. The second-order valence-corrected chi connectivity index (χ2v) is 6.35. The first kappa shape index (κ1) is 14.5. The molecule has 1 amide bonds. The maximum absolute atomic E-state index is 12.1. The van der Waals surface area contributed by atoms with Crippen molar-refractivity contribution in [2.24, 2.45) is 0 Å². The first-order chi connectivity index (χ1) is 8.96. The van der Waals surface area contributed by atoms with E-state index < -0.39 is 5.60 Å². The quantitative estimate of drug-likeness (QED) is 0.887. The van der Waals surface area contributed by atoms with E-state index in [4.69, 9.17) is 4.74 Å². The lowest BCUT2D eigenvalue weighted by Gasteiger charge is -2.25. The lowest BCUT2D eigenvalue weighted by atomic mass is 9.97. The Bertz CT molecular complexity index is 471. The van der Waals surface area contributed by atoms with Gasteiger partial charge in [0.2, 0.25) is 0 Å². The van der Waals surface area contributed by atoms with Gasteiger partial charge in [0, 0.05) is 24.4 Å². The molecule has 1 aliphatic heterocycles. The molecule has 19 heavy (non-hydrogen) atoms. The molecule has 0 radical (unpaired) electrons. The van der Waals surface area contributed by atoms with Crippen molar-refractivity contribution in [3.8, 4) is 0 Å². The highest BCUT2D eigenvalue weighted by atomic mass is 32.1. The fourth-order valence-electron chi connectivity index (χ4n) is 2.31. The van der Waals surface area contributed by atoms with Gasteiger partial charge in [0.25, 0.3) is 5.91 Å². The lowest BCUT2D eigenvalue weighted by molar-refractivity contribution is -0.0251. The molecular weight excluding hydrogens is 262 g/mol. The Morgan fingerprint density at radius 2 is 2.42 bits per heavy atom. The van der Waals surface area contributed by atoms with Crippen LogP contribution in [0.1, 0.15) is 40.4 Å². The summed E-state index contributed by atoms with van der Waals surface area (Å²) < 4.78 is 5.35. The number of carbonyl (C=O) groups is 1. The molecule has 0 spiro atoms. The van der Waals surface area contributed by atoms with E-state index in [-0.39, 0.29) is 18.6 Å². The van der Waals surface area contributed by atoms with Crippen LogP contribution in [0.3, 0.4) is 0 Å². The van der Waals surface area contributed by atoms with Crippen molar-refractivity contribution in [3.05, 3.63) is 21.4 Å². The molecule has 2 unspecified atom stereocenters. The first-order valence-corrected chi connectivity index (χ1v) is 7.49. The summed E-state index contributed by atoms with van der Waals surface area (Å²) in [6, 6.07) is 1.94. The predicted octanol–water partition coefficient (Wildman–Crippen LogP) is 1.89. The van der Waals surface area contributed by atoms with Crippen LogP contribution in [0.25, 0.3) is 0 Å². The van der Waals surface area contributed by atoms with Crippen LogP contribution in [0.4, 0.5) is 0 Å². The Morgan fingerprint density at radius 1 is 1.68 bits per heavy atom. The molecule has 2 rings (SSSR count). The summed E-state index contributed by atoms with van der Waals surface area (Å²) in [4.78, 5) is 14.0. The van der Waals surface area contributed by atoms with E-state index in [1.165, 1.54) is 21.8 Å². The monoisotopic (exact) mass is 283 g/mol. The van der Waals surface area contributed by atoms with E-state index in [0.29, 0.717) is 17.9 Å². The number of rotatable bonds is 4. The molecule has 4 nitrogen and oxygen atoms in total. The molecule has 0 aliphatic carbocycles. The van der Waals surface area contributed by atoms with Gasteiger partial charge in [-0.1, -0.05) is 6.92 Å². The van der Waals surface area contributed by atoms with Crippen molar-refractivity contribution in [1.82, 2.24) is 5.32 Å². The number of amides is 1. The number of thiophene rings is 1. The number of aryl methyl sites for hydroxylation is 2. The topological polar surface area (TPSA) is 58.6 Å². The smallest absolute Gasteiger partial charge is 0.261 e. The largest absolute Gasteiger partial charge is 0.385 e. The van der Waals surface area contributed by atoms with Crippen LogP contribution in [0.2, 0.25) is 0 Å². The molecule has 1 saturated heterocycles. The number of carbonyl (C=O) groups excluding carboxylic acids is 1. The van der Waals surface area contributed by atoms with E-state index in [1.807, 2.05) is 19.9 Å². The number of aliphatic hydroxyl groups is 1. The second-order valence-electron chi connectivity index (χ2n) is 5.09. The molecular formula is C14H21NO3S. The van der Waals surface area contributed by atoms with Crippen molar-refractivity contribution in [3.63, 3.8) is 0 Å². The molecule has 0 aromatic carbocycles. The fraction of sp³-hybridized carbons (Fsp3) is 0.643. The first-order valence-electron chi connectivity index (χ1n) is 6.68. The summed E-state index contributed by atoms with van der Waals surface area (Å²) in [5, 5.41) is 13.1. The molecule has 1 fully saturated rings. The molecule has 5 heteroatoms. The Hall–Kier alpha value is -0.910. The number of hydrogen-bond acceptors (Lipinski definition) is 4. The van der Waals surface area contributed by atoms with Gasteiger partial charge in [-0.05, 0) is 31.9 Å². The third-order valence-corrected chi connectivity index (χ3v) is 4.93. The van der Waals surface area contributed by atoms with Crippen LogP contribution in [0.5, 0.6) is 0 Å². The lowest BCUT2D eigenvalue weighted by Crippen LogP contribution is -2.47. The van der Waals surface area contributed by atoms with Crippen molar-refractivity contribution in [1.29, 1.82) is 0 Å². The van der Waals surface area contributed by atoms with E-state index in [2.05, 4.69) is 12.2 Å². The molecule has 2 N–H and O–H groups in total. The minimum atomic E-state index is -0.935. The number of ether oxygens (including phenoxy) is 1. The van der Waals surface area contributed by atoms with Gasteiger partial charge in [-0.2, -0.15) is 0 Å². The van der Waals surface area contributed by atoms with Crippen molar-refractivity contribution >= 4 is 17.2 Å². The predicted molar refractivity (Wildman–Crippen MR) is 75.7 cm³/mol. The van der Waals surface area contributed by atoms with Crippen molar-refractivity contribution < 1.29 is 14.6 Å². The molecule has 0 bridgehead atoms. The molecule has 106 valence electrons. The average molecular weight is 283 g/mol. The molecule has 2 atom stereocenters. The van der Waals surface area contributed by atoms with Gasteiger partial charge in [0.05, 0.1) is 11.0 Å². The van der Waals surface area contributed by atoms with Gasteiger partial charge in [-0.15, -0.1) is 11.3 Å². The van der Waals surface area contributed by atoms with Crippen LogP contribution in [-0.4, -0.2) is 35.9 Å². The molecule has 2 heterocycles. The Kier molecular flexibility index (Phi) is 4.28. The van der Waals surface area contributed by atoms with E-state index in [0.717, 1.165) is 6.42 Å². The highest BCUT2D eigenvalue weighted by Crippen LogP contribution is 2.25. The normalized spacial score (nSPS) is 26.6. The van der Waals surface area contributed by atoms with Crippen LogP contribution in [-0.2, 0) is 11.2 Å². The summed E-state index contributed by atoms with van der Waals surface area (Å²) in [6.45, 7) is 6.73.